The summed E-state index contributed by atoms with van der Waals surface area (Å²) in [5, 5.41) is 0. The van der Waals surface area contributed by atoms with E-state index in [0.717, 1.165) is 6.42 Å². The fourth-order valence-electron chi connectivity index (χ4n) is 1.82. The summed E-state index contributed by atoms with van der Waals surface area (Å²) in [4.78, 5) is 11.4. The van der Waals surface area contributed by atoms with Crippen LogP contribution in [-0.2, 0) is 16.0 Å². The summed E-state index contributed by atoms with van der Waals surface area (Å²) < 4.78 is 5.01. The highest BCUT2D eigenvalue weighted by Gasteiger charge is 2.33. The van der Waals surface area contributed by atoms with E-state index in [2.05, 4.69) is 19.1 Å². The van der Waals surface area contributed by atoms with Gasteiger partial charge < -0.3 is 4.74 Å². The van der Waals surface area contributed by atoms with Crippen LogP contribution >= 0.6 is 0 Å². The highest BCUT2D eigenvalue weighted by Crippen LogP contribution is 2.25. The number of hydrogen-bond donors (Lipinski definition) is 0. The number of benzene rings is 1. The number of rotatable bonds is 2. The highest BCUT2D eigenvalue weighted by atomic mass is 16.5. The Morgan fingerprint density at radius 3 is 2.64 bits per heavy atom. The zero-order valence-corrected chi connectivity index (χ0v) is 8.27. The van der Waals surface area contributed by atoms with Crippen molar-refractivity contribution in [1.29, 1.82) is 0 Å². The summed E-state index contributed by atoms with van der Waals surface area (Å²) in [5.74, 6) is 0.362. The Bertz CT molecular complexity index is 318. The zero-order valence-electron chi connectivity index (χ0n) is 8.27. The number of esters is 1. The quantitative estimate of drug-likeness (QED) is 0.667. The molecule has 0 N–H and O–H groups in total. The van der Waals surface area contributed by atoms with Crippen LogP contribution in [0.15, 0.2) is 30.3 Å². The molecule has 0 aliphatic carbocycles. The molecular formula is C12H14O2. The molecule has 1 saturated heterocycles. The summed E-state index contributed by atoms with van der Waals surface area (Å²) in [6.45, 7) is 2.65. The van der Waals surface area contributed by atoms with Crippen LogP contribution in [0.5, 0.6) is 0 Å². The summed E-state index contributed by atoms with van der Waals surface area (Å²) in [7, 11) is 0. The molecule has 1 aromatic rings. The molecule has 74 valence electrons. The van der Waals surface area contributed by atoms with Crippen molar-refractivity contribution in [1.82, 2.24) is 0 Å². The average Bonchev–Trinajstić information content (AvgIpc) is 2.51. The fraction of sp³-hybridized carbons (Fsp3) is 0.417. The molecule has 2 nitrogen and oxygen atoms in total. The van der Waals surface area contributed by atoms with Crippen molar-refractivity contribution in [3.8, 4) is 0 Å². The number of ether oxygens (including phenoxy) is 1. The molecule has 0 saturated carbocycles. The molecule has 1 aliphatic rings. The third kappa shape index (κ3) is 1.79. The summed E-state index contributed by atoms with van der Waals surface area (Å²) in [6.07, 6.45) is 0.806. The van der Waals surface area contributed by atoms with Crippen LogP contribution in [0.25, 0.3) is 0 Å². The molecule has 0 radical (unpaired) electrons. The zero-order chi connectivity index (χ0) is 9.97. The molecular weight excluding hydrogens is 176 g/mol. The minimum absolute atomic E-state index is 0.0404. The van der Waals surface area contributed by atoms with E-state index in [1.54, 1.807) is 0 Å². The minimum atomic E-state index is -0.0404. The average molecular weight is 190 g/mol. The number of carbonyl (C=O) groups is 1. The lowest BCUT2D eigenvalue weighted by atomic mass is 9.91. The minimum Gasteiger partial charge on any atom is -0.465 e. The maximum Gasteiger partial charge on any atom is 0.309 e. The maximum atomic E-state index is 11.4. The van der Waals surface area contributed by atoms with E-state index in [9.17, 15) is 4.79 Å². The number of hydrogen-bond acceptors (Lipinski definition) is 2. The van der Waals surface area contributed by atoms with Crippen LogP contribution in [0.1, 0.15) is 12.5 Å². The molecule has 14 heavy (non-hydrogen) atoms. The molecule has 1 aliphatic heterocycles. The van der Waals surface area contributed by atoms with Crippen LogP contribution in [0.4, 0.5) is 0 Å². The van der Waals surface area contributed by atoms with Gasteiger partial charge in [-0.05, 0) is 12.0 Å². The molecule has 2 rings (SSSR count). The van der Waals surface area contributed by atoms with E-state index in [1.807, 2.05) is 18.2 Å². The Hall–Kier alpha value is -1.31. The molecule has 2 atom stereocenters. The van der Waals surface area contributed by atoms with Crippen LogP contribution < -0.4 is 0 Å². The van der Waals surface area contributed by atoms with Gasteiger partial charge in [-0.15, -0.1) is 0 Å². The molecule has 1 fully saturated rings. The number of cyclic esters (lactones) is 1. The Morgan fingerprint density at radius 1 is 1.36 bits per heavy atom. The van der Waals surface area contributed by atoms with Gasteiger partial charge in [0.2, 0.25) is 0 Å². The monoisotopic (exact) mass is 190 g/mol. The van der Waals surface area contributed by atoms with Crippen molar-refractivity contribution >= 4 is 5.97 Å². The largest absolute Gasteiger partial charge is 0.465 e. The molecule has 0 aromatic heterocycles. The SMILES string of the molecule is CC1COC(=O)[C@H]1Cc1ccccc1. The molecule has 1 unspecified atom stereocenters. The Balaban J connectivity index is 2.07. The second-order valence-electron chi connectivity index (χ2n) is 3.90. The van der Waals surface area contributed by atoms with Gasteiger partial charge in [-0.2, -0.15) is 0 Å². The lowest BCUT2D eigenvalue weighted by Gasteiger charge is -2.09. The third-order valence-electron chi connectivity index (χ3n) is 2.78. The second-order valence-corrected chi connectivity index (χ2v) is 3.90. The lowest BCUT2D eigenvalue weighted by Crippen LogP contribution is -2.16. The van der Waals surface area contributed by atoms with E-state index in [-0.39, 0.29) is 11.9 Å². The molecule has 0 bridgehead atoms. The van der Waals surface area contributed by atoms with Gasteiger partial charge in [-0.3, -0.25) is 4.79 Å². The first kappa shape index (κ1) is 9.25. The van der Waals surface area contributed by atoms with Gasteiger partial charge in [0.1, 0.15) is 0 Å². The third-order valence-corrected chi connectivity index (χ3v) is 2.78. The van der Waals surface area contributed by atoms with E-state index >= 15 is 0 Å². The van der Waals surface area contributed by atoms with Crippen molar-refractivity contribution in [3.63, 3.8) is 0 Å². The van der Waals surface area contributed by atoms with Gasteiger partial charge >= 0.3 is 5.97 Å². The van der Waals surface area contributed by atoms with Gasteiger partial charge in [-0.1, -0.05) is 37.3 Å². The van der Waals surface area contributed by atoms with Crippen LogP contribution in [0.2, 0.25) is 0 Å². The normalized spacial score (nSPS) is 26.2. The van der Waals surface area contributed by atoms with Crippen molar-refractivity contribution < 1.29 is 9.53 Å². The van der Waals surface area contributed by atoms with Crippen molar-refractivity contribution in [3.05, 3.63) is 35.9 Å². The van der Waals surface area contributed by atoms with Gasteiger partial charge in [-0.25, -0.2) is 0 Å². The van der Waals surface area contributed by atoms with E-state index in [4.69, 9.17) is 4.74 Å². The topological polar surface area (TPSA) is 26.3 Å². The lowest BCUT2D eigenvalue weighted by molar-refractivity contribution is -0.141. The van der Waals surface area contributed by atoms with Crippen LogP contribution in [-0.4, -0.2) is 12.6 Å². The van der Waals surface area contributed by atoms with Crippen molar-refractivity contribution in [2.75, 3.05) is 6.61 Å². The van der Waals surface area contributed by atoms with Crippen LogP contribution in [0, 0.1) is 11.8 Å². The molecule has 0 amide bonds. The van der Waals surface area contributed by atoms with Gasteiger partial charge in [0.25, 0.3) is 0 Å². The summed E-state index contributed by atoms with van der Waals surface area (Å²) in [6, 6.07) is 10.1. The van der Waals surface area contributed by atoms with Crippen molar-refractivity contribution in [2.45, 2.75) is 13.3 Å². The first-order chi connectivity index (χ1) is 6.77. The fourth-order valence-corrected chi connectivity index (χ4v) is 1.82. The van der Waals surface area contributed by atoms with E-state index in [0.29, 0.717) is 12.5 Å². The standard InChI is InChI=1S/C12H14O2/c1-9-8-14-12(13)11(9)7-10-5-3-2-4-6-10/h2-6,9,11H,7-8H2,1H3/t9?,11-/m0/s1. The summed E-state index contributed by atoms with van der Waals surface area (Å²) in [5.41, 5.74) is 1.21. The molecule has 2 heteroatoms. The van der Waals surface area contributed by atoms with Gasteiger partial charge in [0.05, 0.1) is 12.5 Å². The van der Waals surface area contributed by atoms with E-state index in [1.165, 1.54) is 5.56 Å². The predicted octanol–water partition coefficient (Wildman–Crippen LogP) is 2.04. The molecule has 0 spiro atoms. The Morgan fingerprint density at radius 2 is 2.07 bits per heavy atom. The smallest absolute Gasteiger partial charge is 0.309 e. The maximum absolute atomic E-state index is 11.4. The van der Waals surface area contributed by atoms with E-state index < -0.39 is 0 Å². The first-order valence-corrected chi connectivity index (χ1v) is 4.98. The van der Waals surface area contributed by atoms with Gasteiger partial charge in [0.15, 0.2) is 0 Å². The highest BCUT2D eigenvalue weighted by molar-refractivity contribution is 5.75. The Kier molecular flexibility index (Phi) is 2.53. The first-order valence-electron chi connectivity index (χ1n) is 4.98. The van der Waals surface area contributed by atoms with Crippen molar-refractivity contribution in [2.24, 2.45) is 11.8 Å². The van der Waals surface area contributed by atoms with Gasteiger partial charge in [0, 0.05) is 5.92 Å². The molecule has 1 aromatic carbocycles. The predicted molar refractivity (Wildman–Crippen MR) is 53.8 cm³/mol. The number of carbonyl (C=O) groups excluding carboxylic acids is 1. The second kappa shape index (κ2) is 3.82. The molecule has 1 heterocycles. The summed E-state index contributed by atoms with van der Waals surface area (Å²) >= 11 is 0. The van der Waals surface area contributed by atoms with Crippen LogP contribution in [0.3, 0.4) is 0 Å². The Labute approximate surface area is 83.9 Å².